The topological polar surface area (TPSA) is 114 Å². The fraction of sp³-hybridized carbons (Fsp3) is 0.250. The summed E-state index contributed by atoms with van der Waals surface area (Å²) in [5, 5.41) is 23.3. The lowest BCUT2D eigenvalue weighted by Crippen LogP contribution is -2.92. The monoisotopic (exact) mass is 366 g/mol. The largest absolute Gasteiger partial charge is 0.544 e. The Kier molecular flexibility index (Phi) is 3.96. The van der Waals surface area contributed by atoms with Crippen LogP contribution in [0.3, 0.4) is 0 Å². The Morgan fingerprint density at radius 3 is 2.30 bits per heavy atom. The van der Waals surface area contributed by atoms with Gasteiger partial charge in [0.15, 0.2) is 0 Å². The number of anilines is 1. The van der Waals surface area contributed by atoms with Gasteiger partial charge in [-0.05, 0) is 31.2 Å². The summed E-state index contributed by atoms with van der Waals surface area (Å²) in [6.07, 6.45) is 0. The van der Waals surface area contributed by atoms with Crippen LogP contribution in [0.25, 0.3) is 0 Å². The SMILES string of the molecule is Cc1ccc(N2C(=O)[C@@H]3[C@H](C2=O)[C@@H](c2ccccc2O)[NH2+][C@@H]3C(=O)[O-])cc1. The molecule has 4 rings (SSSR count). The Bertz CT molecular complexity index is 940. The maximum atomic E-state index is 13.1. The van der Waals surface area contributed by atoms with Crippen LogP contribution < -0.4 is 15.3 Å². The Balaban J connectivity index is 1.79. The Morgan fingerprint density at radius 1 is 1.04 bits per heavy atom. The Labute approximate surface area is 155 Å². The Hall–Kier alpha value is -3.19. The number of amides is 2. The van der Waals surface area contributed by atoms with E-state index in [0.29, 0.717) is 11.3 Å². The summed E-state index contributed by atoms with van der Waals surface area (Å²) < 4.78 is 0. The highest BCUT2D eigenvalue weighted by molar-refractivity contribution is 6.23. The van der Waals surface area contributed by atoms with Crippen LogP contribution in [0, 0.1) is 18.8 Å². The standard InChI is InChI=1S/C20H18N2O5/c1-10-6-8-11(9-7-10)22-18(24)14-15(19(22)25)17(20(26)27)21-16(14)12-4-2-3-5-13(12)23/h2-9,14-17,21,23H,1H3,(H,26,27)/t14-,15+,16+,17-/m0/s1. The second-order valence-electron chi connectivity index (χ2n) is 7.02. The molecule has 2 heterocycles. The van der Waals surface area contributed by atoms with Gasteiger partial charge >= 0.3 is 0 Å². The third-order valence-electron chi connectivity index (χ3n) is 5.45. The first-order valence-electron chi connectivity index (χ1n) is 8.68. The quantitative estimate of drug-likeness (QED) is 0.694. The average molecular weight is 366 g/mol. The van der Waals surface area contributed by atoms with Crippen molar-refractivity contribution in [3.63, 3.8) is 0 Å². The zero-order chi connectivity index (χ0) is 19.3. The van der Waals surface area contributed by atoms with Gasteiger partial charge in [0.25, 0.3) is 0 Å². The molecular formula is C20H18N2O5. The molecule has 0 spiro atoms. The van der Waals surface area contributed by atoms with Gasteiger partial charge in [0, 0.05) is 0 Å². The lowest BCUT2D eigenvalue weighted by molar-refractivity contribution is -0.705. The van der Waals surface area contributed by atoms with Crippen molar-refractivity contribution < 1.29 is 29.9 Å². The maximum absolute atomic E-state index is 13.1. The lowest BCUT2D eigenvalue weighted by Gasteiger charge is -2.21. The molecule has 7 heteroatoms. The molecule has 2 amide bonds. The smallest absolute Gasteiger partial charge is 0.244 e. The predicted octanol–water partition coefficient (Wildman–Crippen LogP) is -0.757. The van der Waals surface area contributed by atoms with Gasteiger partial charge in [-0.15, -0.1) is 0 Å². The third-order valence-corrected chi connectivity index (χ3v) is 5.45. The van der Waals surface area contributed by atoms with Gasteiger partial charge in [-0.25, -0.2) is 4.90 Å². The van der Waals surface area contributed by atoms with Crippen molar-refractivity contribution >= 4 is 23.5 Å². The first-order valence-corrected chi connectivity index (χ1v) is 8.68. The minimum Gasteiger partial charge on any atom is -0.544 e. The zero-order valence-electron chi connectivity index (χ0n) is 14.5. The molecule has 3 N–H and O–H groups in total. The highest BCUT2D eigenvalue weighted by atomic mass is 16.4. The van der Waals surface area contributed by atoms with Gasteiger partial charge in [0.1, 0.15) is 35.6 Å². The number of carbonyl (C=O) groups excluding carboxylic acids is 3. The molecule has 7 nitrogen and oxygen atoms in total. The van der Waals surface area contributed by atoms with Crippen LogP contribution in [0.2, 0.25) is 0 Å². The number of carbonyl (C=O) groups is 3. The van der Waals surface area contributed by atoms with Gasteiger partial charge in [-0.2, -0.15) is 0 Å². The van der Waals surface area contributed by atoms with Crippen LogP contribution in [-0.2, 0) is 14.4 Å². The maximum Gasteiger partial charge on any atom is 0.244 e. The van der Waals surface area contributed by atoms with E-state index in [2.05, 4.69) is 0 Å². The number of phenolic OH excluding ortho intramolecular Hbond substituents is 1. The molecule has 2 aliphatic rings. The van der Waals surface area contributed by atoms with Gasteiger partial charge in [0.2, 0.25) is 11.8 Å². The molecule has 2 fully saturated rings. The fourth-order valence-corrected chi connectivity index (χ4v) is 4.17. The molecule has 0 aromatic heterocycles. The van der Waals surface area contributed by atoms with Gasteiger partial charge in [0.05, 0.1) is 11.3 Å². The number of imide groups is 1. The van der Waals surface area contributed by atoms with Gasteiger partial charge in [-0.3, -0.25) is 9.59 Å². The number of phenols is 1. The molecule has 138 valence electrons. The summed E-state index contributed by atoms with van der Waals surface area (Å²) in [5.41, 5.74) is 1.83. The van der Waals surface area contributed by atoms with Crippen LogP contribution in [0.1, 0.15) is 17.2 Å². The number of hydrogen-bond donors (Lipinski definition) is 2. The van der Waals surface area contributed by atoms with Crippen LogP contribution in [0.15, 0.2) is 48.5 Å². The summed E-state index contributed by atoms with van der Waals surface area (Å²) in [4.78, 5) is 38.8. The minimum atomic E-state index is -1.39. The fourth-order valence-electron chi connectivity index (χ4n) is 4.17. The highest BCUT2D eigenvalue weighted by Gasteiger charge is 2.63. The van der Waals surface area contributed by atoms with E-state index in [-0.39, 0.29) is 5.75 Å². The van der Waals surface area contributed by atoms with Crippen LogP contribution in [0.4, 0.5) is 5.69 Å². The number of para-hydroxylation sites is 1. The first kappa shape index (κ1) is 17.2. The van der Waals surface area contributed by atoms with Gasteiger partial charge < -0.3 is 20.3 Å². The number of nitrogens with two attached hydrogens (primary N) is 1. The van der Waals surface area contributed by atoms with Crippen LogP contribution >= 0.6 is 0 Å². The second-order valence-corrected chi connectivity index (χ2v) is 7.02. The van der Waals surface area contributed by atoms with Crippen LogP contribution in [-0.4, -0.2) is 28.9 Å². The number of benzene rings is 2. The molecule has 27 heavy (non-hydrogen) atoms. The number of quaternary nitrogens is 1. The van der Waals surface area contributed by atoms with Crippen LogP contribution in [0.5, 0.6) is 5.75 Å². The molecule has 0 aliphatic carbocycles. The van der Waals surface area contributed by atoms with Crippen molar-refractivity contribution in [1.82, 2.24) is 0 Å². The average Bonchev–Trinajstić information content (AvgIpc) is 3.14. The van der Waals surface area contributed by atoms with Crippen molar-refractivity contribution in [1.29, 1.82) is 0 Å². The van der Waals surface area contributed by atoms with Crippen molar-refractivity contribution in [2.45, 2.75) is 19.0 Å². The molecule has 0 radical (unpaired) electrons. The number of aliphatic carboxylic acids is 1. The number of aromatic hydroxyl groups is 1. The molecule has 2 aromatic carbocycles. The first-order chi connectivity index (χ1) is 12.9. The minimum absolute atomic E-state index is 0.0365. The summed E-state index contributed by atoms with van der Waals surface area (Å²) in [7, 11) is 0. The number of rotatable bonds is 3. The molecule has 0 unspecified atom stereocenters. The lowest BCUT2D eigenvalue weighted by atomic mass is 9.86. The van der Waals surface area contributed by atoms with E-state index >= 15 is 0 Å². The van der Waals surface area contributed by atoms with Crippen molar-refractivity contribution in [2.24, 2.45) is 11.8 Å². The summed E-state index contributed by atoms with van der Waals surface area (Å²) in [5.74, 6) is -4.34. The molecule has 4 atom stereocenters. The van der Waals surface area contributed by atoms with E-state index in [4.69, 9.17) is 0 Å². The predicted molar refractivity (Wildman–Crippen MR) is 92.2 cm³/mol. The molecule has 2 aliphatic heterocycles. The van der Waals surface area contributed by atoms with E-state index in [1.54, 1.807) is 42.5 Å². The van der Waals surface area contributed by atoms with E-state index in [0.717, 1.165) is 10.5 Å². The third kappa shape index (κ3) is 2.59. The second kappa shape index (κ2) is 6.21. The summed E-state index contributed by atoms with van der Waals surface area (Å²) >= 11 is 0. The van der Waals surface area contributed by atoms with Crippen molar-refractivity contribution in [2.75, 3.05) is 4.90 Å². The van der Waals surface area contributed by atoms with Crippen molar-refractivity contribution in [3.05, 3.63) is 59.7 Å². The number of fused-ring (bicyclic) bond motifs is 1. The molecule has 0 saturated carbocycles. The Morgan fingerprint density at radius 2 is 1.67 bits per heavy atom. The molecule has 2 aromatic rings. The van der Waals surface area contributed by atoms with E-state index in [1.807, 2.05) is 6.92 Å². The van der Waals surface area contributed by atoms with E-state index in [1.165, 1.54) is 11.4 Å². The number of carboxylic acids is 1. The zero-order valence-corrected chi connectivity index (χ0v) is 14.5. The number of hydrogen-bond acceptors (Lipinski definition) is 5. The summed E-state index contributed by atoms with van der Waals surface area (Å²) in [6, 6.07) is 11.5. The number of aryl methyl sites for hydroxylation is 1. The number of carboxylic acid groups (broad SMARTS) is 1. The van der Waals surface area contributed by atoms with E-state index < -0.39 is 41.7 Å². The van der Waals surface area contributed by atoms with Crippen molar-refractivity contribution in [3.8, 4) is 5.75 Å². The van der Waals surface area contributed by atoms with Gasteiger partial charge in [-0.1, -0.05) is 29.8 Å². The molecule has 0 bridgehead atoms. The van der Waals surface area contributed by atoms with E-state index in [9.17, 15) is 24.6 Å². The summed E-state index contributed by atoms with van der Waals surface area (Å²) in [6.45, 7) is 1.89. The molecule has 2 saturated heterocycles. The molecular weight excluding hydrogens is 348 g/mol. The normalized spacial score (nSPS) is 27.1. The highest BCUT2D eigenvalue weighted by Crippen LogP contribution is 2.43. The number of nitrogens with zero attached hydrogens (tertiary/aromatic N) is 1.